The lowest BCUT2D eigenvalue weighted by Gasteiger charge is -2.13. The molecule has 0 atom stereocenters. The van der Waals surface area contributed by atoms with Crippen molar-refractivity contribution in [1.29, 1.82) is 0 Å². The summed E-state index contributed by atoms with van der Waals surface area (Å²) < 4.78 is 14.0. The van der Waals surface area contributed by atoms with Crippen LogP contribution in [-0.4, -0.2) is 19.1 Å². The first-order valence-corrected chi connectivity index (χ1v) is 16.2. The fraction of sp³-hybridized carbons (Fsp3) is 0.515. The maximum absolute atomic E-state index is 12.5. The molecule has 8 heteroatoms. The molecule has 0 aliphatic carbocycles. The first kappa shape index (κ1) is 35.1. The lowest BCUT2D eigenvalue weighted by Crippen LogP contribution is -3.00. The summed E-state index contributed by atoms with van der Waals surface area (Å²) in [5, 5.41) is 5.61. The number of aromatic nitrogens is 1. The minimum Gasteiger partial charge on any atom is -1.00 e. The maximum Gasteiger partial charge on any atom is 0.262 e. The number of hydrogen-bond donors (Lipinski definition) is 1. The third-order valence-electron chi connectivity index (χ3n) is 6.99. The quantitative estimate of drug-likeness (QED) is 0.116. The van der Waals surface area contributed by atoms with Crippen molar-refractivity contribution >= 4 is 34.5 Å². The Morgan fingerprint density at radius 3 is 2.10 bits per heavy atom. The molecule has 226 valence electrons. The Hall–Kier alpha value is -2.09. The van der Waals surface area contributed by atoms with Gasteiger partial charge in [-0.1, -0.05) is 113 Å². The highest BCUT2D eigenvalue weighted by Crippen LogP contribution is 2.30. The number of carbonyl (C=O) groups is 1. The smallest absolute Gasteiger partial charge is 0.262 e. The molecule has 1 N–H and O–H groups in total. The minimum absolute atomic E-state index is 0. The number of aryl methyl sites for hydroxylation is 1. The van der Waals surface area contributed by atoms with Gasteiger partial charge in [-0.05, 0) is 30.7 Å². The standard InChI is InChI=1S/C33H45ClN2O3S.BrH/c1-3-4-5-6-7-8-9-10-11-12-13-14-21-38-32-22-29(34)17-20-31(32)39-24-33(37)35-30-18-15-28(16-19-30)23-36-26-40-25-27(36)2;/h15-20,22,25-26H,3-14,21,23-24H2,1-2H3;1H. The van der Waals surface area contributed by atoms with Gasteiger partial charge in [0.1, 0.15) is 0 Å². The van der Waals surface area contributed by atoms with E-state index in [1.807, 2.05) is 24.3 Å². The van der Waals surface area contributed by atoms with Gasteiger partial charge in [-0.2, -0.15) is 4.57 Å². The van der Waals surface area contributed by atoms with Crippen molar-refractivity contribution in [3.63, 3.8) is 0 Å². The molecule has 5 nitrogen and oxygen atoms in total. The Balaban J connectivity index is 0.00000588. The maximum atomic E-state index is 12.5. The summed E-state index contributed by atoms with van der Waals surface area (Å²) in [6.07, 6.45) is 15.6. The molecule has 0 aliphatic heterocycles. The number of benzene rings is 2. The molecule has 0 radical (unpaired) electrons. The van der Waals surface area contributed by atoms with Gasteiger partial charge < -0.3 is 31.8 Å². The molecule has 41 heavy (non-hydrogen) atoms. The van der Waals surface area contributed by atoms with Crippen LogP contribution in [0.2, 0.25) is 5.02 Å². The van der Waals surface area contributed by atoms with Crippen molar-refractivity contribution in [1.82, 2.24) is 0 Å². The topological polar surface area (TPSA) is 51.4 Å². The number of unbranched alkanes of at least 4 members (excludes halogenated alkanes) is 11. The van der Waals surface area contributed by atoms with Gasteiger partial charge in [0.15, 0.2) is 30.3 Å². The van der Waals surface area contributed by atoms with Gasteiger partial charge in [-0.25, -0.2) is 0 Å². The zero-order valence-electron chi connectivity index (χ0n) is 24.6. The van der Waals surface area contributed by atoms with Crippen LogP contribution in [0.5, 0.6) is 11.5 Å². The van der Waals surface area contributed by atoms with E-state index < -0.39 is 0 Å². The number of hydrogen-bond acceptors (Lipinski definition) is 4. The molecule has 0 fully saturated rings. The van der Waals surface area contributed by atoms with E-state index >= 15 is 0 Å². The van der Waals surface area contributed by atoms with E-state index in [1.165, 1.54) is 75.5 Å². The van der Waals surface area contributed by atoms with Crippen LogP contribution in [0.3, 0.4) is 0 Å². The van der Waals surface area contributed by atoms with Crippen LogP contribution in [-0.2, 0) is 11.3 Å². The average molecular weight is 666 g/mol. The molecule has 1 aromatic heterocycles. The molecule has 0 saturated carbocycles. The number of halogens is 2. The molecule has 1 heterocycles. The zero-order chi connectivity index (χ0) is 28.4. The Bertz CT molecular complexity index is 1140. The molecule has 0 unspecified atom stereocenters. The molecular weight excluding hydrogens is 620 g/mol. The number of nitrogens with one attached hydrogen (secondary N) is 1. The van der Waals surface area contributed by atoms with Crippen molar-refractivity contribution in [3.8, 4) is 11.5 Å². The van der Waals surface area contributed by atoms with Crippen LogP contribution in [0.1, 0.15) is 95.2 Å². The van der Waals surface area contributed by atoms with Crippen LogP contribution in [0.25, 0.3) is 0 Å². The highest BCUT2D eigenvalue weighted by molar-refractivity contribution is 7.07. The van der Waals surface area contributed by atoms with Crippen molar-refractivity contribution in [2.24, 2.45) is 0 Å². The van der Waals surface area contributed by atoms with E-state index in [1.54, 1.807) is 29.5 Å². The first-order chi connectivity index (χ1) is 19.5. The van der Waals surface area contributed by atoms with E-state index in [4.69, 9.17) is 21.1 Å². The summed E-state index contributed by atoms with van der Waals surface area (Å²) >= 11 is 7.89. The summed E-state index contributed by atoms with van der Waals surface area (Å²) in [5.74, 6) is 0.878. The fourth-order valence-corrected chi connectivity index (χ4v) is 5.53. The van der Waals surface area contributed by atoms with Crippen LogP contribution in [0.15, 0.2) is 53.4 Å². The number of ether oxygens (including phenoxy) is 2. The molecule has 0 spiro atoms. The van der Waals surface area contributed by atoms with E-state index in [0.717, 1.165) is 25.1 Å². The van der Waals surface area contributed by atoms with Gasteiger partial charge in [0.2, 0.25) is 5.51 Å². The summed E-state index contributed by atoms with van der Waals surface area (Å²) in [6, 6.07) is 13.1. The average Bonchev–Trinajstić information content (AvgIpc) is 3.35. The summed E-state index contributed by atoms with van der Waals surface area (Å²) in [6.45, 7) is 5.67. The number of nitrogens with zero attached hydrogens (tertiary/aromatic N) is 1. The number of anilines is 1. The van der Waals surface area contributed by atoms with Crippen LogP contribution < -0.4 is 36.3 Å². The van der Waals surface area contributed by atoms with E-state index in [-0.39, 0.29) is 29.5 Å². The second kappa shape index (κ2) is 20.7. The highest BCUT2D eigenvalue weighted by Gasteiger charge is 2.11. The molecule has 3 rings (SSSR count). The third-order valence-corrected chi connectivity index (χ3v) is 8.08. The van der Waals surface area contributed by atoms with Crippen LogP contribution in [0, 0.1) is 6.92 Å². The van der Waals surface area contributed by atoms with Crippen molar-refractivity contribution < 1.29 is 35.8 Å². The normalized spacial score (nSPS) is 10.7. The van der Waals surface area contributed by atoms with E-state index in [2.05, 4.69) is 34.6 Å². The lowest BCUT2D eigenvalue weighted by atomic mass is 10.1. The first-order valence-electron chi connectivity index (χ1n) is 14.9. The minimum atomic E-state index is -0.224. The molecule has 0 bridgehead atoms. The predicted octanol–water partition coefficient (Wildman–Crippen LogP) is 6.15. The van der Waals surface area contributed by atoms with Crippen molar-refractivity contribution in [3.05, 3.63) is 69.6 Å². The van der Waals surface area contributed by atoms with E-state index in [0.29, 0.717) is 23.1 Å². The van der Waals surface area contributed by atoms with Crippen molar-refractivity contribution in [2.75, 3.05) is 18.5 Å². The van der Waals surface area contributed by atoms with Crippen LogP contribution >= 0.6 is 22.9 Å². The molecule has 0 saturated heterocycles. The Kier molecular flexibility index (Phi) is 17.8. The monoisotopic (exact) mass is 664 g/mol. The summed E-state index contributed by atoms with van der Waals surface area (Å²) in [4.78, 5) is 12.5. The number of carbonyl (C=O) groups excluding carboxylic acids is 1. The zero-order valence-corrected chi connectivity index (χ0v) is 27.8. The van der Waals surface area contributed by atoms with E-state index in [9.17, 15) is 4.79 Å². The molecule has 2 aromatic carbocycles. The fourth-order valence-electron chi connectivity index (χ4n) is 4.58. The predicted molar refractivity (Wildman–Crippen MR) is 167 cm³/mol. The number of thiazole rings is 1. The molecular formula is C33H46BrClN2O3S. The lowest BCUT2D eigenvalue weighted by molar-refractivity contribution is -0.689. The van der Waals surface area contributed by atoms with Gasteiger partial charge in [0.05, 0.1) is 12.0 Å². The second-order valence-electron chi connectivity index (χ2n) is 10.5. The van der Waals surface area contributed by atoms with Crippen LogP contribution in [0.4, 0.5) is 5.69 Å². The summed E-state index contributed by atoms with van der Waals surface area (Å²) in [5.41, 5.74) is 5.26. The van der Waals surface area contributed by atoms with Gasteiger partial charge in [0, 0.05) is 29.3 Å². The van der Waals surface area contributed by atoms with Crippen molar-refractivity contribution in [2.45, 2.75) is 97.4 Å². The molecule has 3 aromatic rings. The number of amides is 1. The Morgan fingerprint density at radius 1 is 0.854 bits per heavy atom. The van der Waals surface area contributed by atoms with Gasteiger partial charge in [-0.15, -0.1) is 0 Å². The highest BCUT2D eigenvalue weighted by atomic mass is 79.9. The molecule has 0 aliphatic rings. The Labute approximate surface area is 266 Å². The van der Waals surface area contributed by atoms with Gasteiger partial charge in [-0.3, -0.25) is 4.79 Å². The van der Waals surface area contributed by atoms with Gasteiger partial charge >= 0.3 is 0 Å². The molecule has 1 amide bonds. The Morgan fingerprint density at radius 2 is 1.49 bits per heavy atom. The third kappa shape index (κ3) is 14.1. The summed E-state index contributed by atoms with van der Waals surface area (Å²) in [7, 11) is 0. The number of rotatable bonds is 20. The van der Waals surface area contributed by atoms with Gasteiger partial charge in [0.25, 0.3) is 5.91 Å². The second-order valence-corrected chi connectivity index (χ2v) is 11.6. The largest absolute Gasteiger partial charge is 1.00 e. The SMILES string of the molecule is CCCCCCCCCCCCCCOc1cc(Cl)ccc1OCC(=O)Nc1ccc(C[n+]2cscc2C)cc1.[Br-].